The van der Waals surface area contributed by atoms with Gasteiger partial charge in [0.15, 0.2) is 0 Å². The highest BCUT2D eigenvalue weighted by atomic mass is 16.3. The van der Waals surface area contributed by atoms with Crippen LogP contribution < -0.4 is 0 Å². The molecule has 2 nitrogen and oxygen atoms in total. The summed E-state index contributed by atoms with van der Waals surface area (Å²) in [6.07, 6.45) is 30.7. The lowest BCUT2D eigenvalue weighted by molar-refractivity contribution is 0.465. The minimum atomic E-state index is 0.221. The van der Waals surface area contributed by atoms with Crippen LogP contribution in [-0.2, 0) is 6.42 Å². The number of fused-ring (bicyclic) bond motifs is 1. The Labute approximate surface area is 288 Å². The fourth-order valence-electron chi connectivity index (χ4n) is 5.77. The zero-order valence-electron chi connectivity index (χ0n) is 31.0. The summed E-state index contributed by atoms with van der Waals surface area (Å²) in [6.45, 7) is 17.8. The first-order chi connectivity index (χ1) is 22.5. The third-order valence-electron chi connectivity index (χ3n) is 8.99. The van der Waals surface area contributed by atoms with Crippen molar-refractivity contribution in [2.24, 2.45) is 0 Å². The molecule has 0 fully saturated rings. The van der Waals surface area contributed by atoms with E-state index in [2.05, 4.69) is 97.9 Å². The molecule has 0 spiro atoms. The summed E-state index contributed by atoms with van der Waals surface area (Å²) in [5.74, 6) is 0.486. The van der Waals surface area contributed by atoms with Gasteiger partial charge >= 0.3 is 0 Å². The van der Waals surface area contributed by atoms with Crippen molar-refractivity contribution >= 4 is 10.8 Å². The van der Waals surface area contributed by atoms with Gasteiger partial charge in [0, 0.05) is 16.3 Å². The Morgan fingerprint density at radius 1 is 0.468 bits per heavy atom. The average Bonchev–Trinajstić information content (AvgIpc) is 3.02. The maximum absolute atomic E-state index is 10.7. The molecule has 0 aliphatic rings. The van der Waals surface area contributed by atoms with Crippen LogP contribution >= 0.6 is 0 Å². The second-order valence-corrected chi connectivity index (χ2v) is 14.0. The smallest absolute Gasteiger partial charge is 0.127 e. The molecule has 2 heteroatoms. The van der Waals surface area contributed by atoms with Crippen LogP contribution in [0.1, 0.15) is 138 Å². The number of rotatable bonds is 20. The first kappa shape index (κ1) is 39.7. The number of allylic oxidation sites excluding steroid dienone is 14. The first-order valence-electron chi connectivity index (χ1n) is 18.0. The van der Waals surface area contributed by atoms with Crippen LogP contribution in [0.3, 0.4) is 0 Å². The normalized spacial score (nSPS) is 13.9. The highest BCUT2D eigenvalue weighted by Gasteiger charge is 2.09. The summed E-state index contributed by atoms with van der Waals surface area (Å²) in [5, 5.41) is 22.4. The molecule has 0 heterocycles. The third kappa shape index (κ3) is 16.7. The molecule has 2 aromatic rings. The van der Waals surface area contributed by atoms with Gasteiger partial charge in [-0.1, -0.05) is 106 Å². The fourth-order valence-corrected chi connectivity index (χ4v) is 5.77. The quantitative estimate of drug-likeness (QED) is 0.112. The van der Waals surface area contributed by atoms with Crippen molar-refractivity contribution in [3.8, 4) is 11.5 Å². The molecule has 0 bridgehead atoms. The van der Waals surface area contributed by atoms with E-state index < -0.39 is 0 Å². The second-order valence-electron chi connectivity index (χ2n) is 14.0. The average molecular weight is 637 g/mol. The van der Waals surface area contributed by atoms with E-state index in [0.717, 1.165) is 69.8 Å². The van der Waals surface area contributed by atoms with Gasteiger partial charge in [-0.05, 0) is 145 Å². The summed E-state index contributed by atoms with van der Waals surface area (Å²) in [7, 11) is 0. The zero-order chi connectivity index (χ0) is 34.6. The van der Waals surface area contributed by atoms with Gasteiger partial charge in [0.25, 0.3) is 0 Å². The molecule has 0 radical (unpaired) electrons. The van der Waals surface area contributed by atoms with Crippen LogP contribution in [0.5, 0.6) is 11.5 Å². The van der Waals surface area contributed by atoms with Gasteiger partial charge in [-0.15, -0.1) is 0 Å². The number of benzene rings is 2. The van der Waals surface area contributed by atoms with E-state index in [-0.39, 0.29) is 11.5 Å². The van der Waals surface area contributed by atoms with Gasteiger partial charge in [0.1, 0.15) is 11.5 Å². The van der Waals surface area contributed by atoms with Crippen molar-refractivity contribution in [3.63, 3.8) is 0 Å². The van der Waals surface area contributed by atoms with Crippen LogP contribution in [0.25, 0.3) is 10.8 Å². The number of hydrogen-bond acceptors (Lipinski definition) is 2. The summed E-state index contributed by atoms with van der Waals surface area (Å²) < 4.78 is 0. The molecule has 2 rings (SSSR count). The SMILES string of the molecule is CC(C)=CCCC(C)=CCCC(C)=CCCC(C)=CCCC(C)=CCCC(C)=CCCC(C)=CCc1cc(O)c2ccccc2c1O. The van der Waals surface area contributed by atoms with Crippen LogP contribution in [0.2, 0.25) is 0 Å². The van der Waals surface area contributed by atoms with Gasteiger partial charge in [-0.3, -0.25) is 0 Å². The van der Waals surface area contributed by atoms with E-state index in [9.17, 15) is 10.2 Å². The van der Waals surface area contributed by atoms with Gasteiger partial charge in [-0.2, -0.15) is 0 Å². The molecule has 0 saturated carbocycles. The number of hydrogen-bond donors (Lipinski definition) is 2. The molecule has 2 aromatic carbocycles. The molecule has 0 aliphatic heterocycles. The third-order valence-corrected chi connectivity index (χ3v) is 8.99. The highest BCUT2D eigenvalue weighted by Crippen LogP contribution is 2.35. The Morgan fingerprint density at radius 2 is 0.809 bits per heavy atom. The monoisotopic (exact) mass is 636 g/mol. The van der Waals surface area contributed by atoms with Gasteiger partial charge < -0.3 is 10.2 Å². The Balaban J connectivity index is 1.64. The molecule has 0 atom stereocenters. The summed E-state index contributed by atoms with van der Waals surface area (Å²) in [5.41, 5.74) is 10.9. The molecular formula is C45H64O2. The lowest BCUT2D eigenvalue weighted by Crippen LogP contribution is -1.88. The van der Waals surface area contributed by atoms with Gasteiger partial charge in [0.2, 0.25) is 0 Å². The molecule has 47 heavy (non-hydrogen) atoms. The molecule has 2 N–H and O–H groups in total. The highest BCUT2D eigenvalue weighted by molar-refractivity contribution is 5.94. The molecule has 0 unspecified atom stereocenters. The zero-order valence-corrected chi connectivity index (χ0v) is 31.0. The Morgan fingerprint density at radius 3 is 1.19 bits per heavy atom. The second kappa shape index (κ2) is 22.1. The maximum atomic E-state index is 10.7. The van der Waals surface area contributed by atoms with Crippen LogP contribution in [0.4, 0.5) is 0 Å². The topological polar surface area (TPSA) is 40.5 Å². The molecular weight excluding hydrogens is 572 g/mol. The minimum absolute atomic E-state index is 0.221. The predicted octanol–water partition coefficient (Wildman–Crippen LogP) is 14.1. The van der Waals surface area contributed by atoms with Crippen molar-refractivity contribution in [1.82, 2.24) is 0 Å². The largest absolute Gasteiger partial charge is 0.507 e. The standard InChI is InChI=1S/C45H64O2/c1-34(2)17-11-18-35(3)19-12-20-36(4)21-13-22-37(5)23-14-24-38(6)25-15-26-39(7)27-16-28-40(8)31-32-41-33-44(46)42-29-9-10-30-43(42)45(41)47/h9-10,17,19,21,23,25,27,29-31,33,46-47H,11-16,18,20,22,24,26,28,32H2,1-8H3. The van der Waals surface area contributed by atoms with Gasteiger partial charge in [0.05, 0.1) is 0 Å². The number of aromatic hydroxyl groups is 2. The van der Waals surface area contributed by atoms with Crippen LogP contribution in [0.15, 0.2) is 112 Å². The first-order valence-corrected chi connectivity index (χ1v) is 18.0. The predicted molar refractivity (Wildman–Crippen MR) is 208 cm³/mol. The van der Waals surface area contributed by atoms with E-state index >= 15 is 0 Å². The summed E-state index contributed by atoms with van der Waals surface area (Å²) in [4.78, 5) is 0. The van der Waals surface area contributed by atoms with E-state index in [4.69, 9.17) is 0 Å². The Hall–Kier alpha value is -3.52. The molecule has 256 valence electrons. The lowest BCUT2D eigenvalue weighted by atomic mass is 10.00. The van der Waals surface area contributed by atoms with E-state index in [1.54, 1.807) is 6.07 Å². The van der Waals surface area contributed by atoms with Crippen molar-refractivity contribution in [2.45, 2.75) is 139 Å². The van der Waals surface area contributed by atoms with E-state index in [0.29, 0.717) is 17.2 Å². The maximum Gasteiger partial charge on any atom is 0.127 e. The molecule has 0 aliphatic carbocycles. The fraction of sp³-hybridized carbons (Fsp3) is 0.467. The van der Waals surface area contributed by atoms with Crippen LogP contribution in [-0.4, -0.2) is 10.2 Å². The summed E-state index contributed by atoms with van der Waals surface area (Å²) in [6, 6.07) is 9.13. The Kier molecular flexibility index (Phi) is 18.7. The van der Waals surface area contributed by atoms with Crippen molar-refractivity contribution in [1.29, 1.82) is 0 Å². The minimum Gasteiger partial charge on any atom is -0.507 e. The van der Waals surface area contributed by atoms with E-state index in [1.807, 2.05) is 24.3 Å². The van der Waals surface area contributed by atoms with E-state index in [1.165, 1.54) is 51.9 Å². The van der Waals surface area contributed by atoms with Crippen molar-refractivity contribution in [2.75, 3.05) is 0 Å². The number of phenols is 2. The van der Waals surface area contributed by atoms with Crippen molar-refractivity contribution in [3.05, 3.63) is 117 Å². The number of phenolic OH excluding ortho intramolecular Hbond substituents is 2. The lowest BCUT2D eigenvalue weighted by Gasteiger charge is -2.09. The van der Waals surface area contributed by atoms with Gasteiger partial charge in [-0.25, -0.2) is 0 Å². The van der Waals surface area contributed by atoms with Crippen molar-refractivity contribution < 1.29 is 10.2 Å². The van der Waals surface area contributed by atoms with Crippen LogP contribution in [0, 0.1) is 0 Å². The molecule has 0 saturated heterocycles. The molecule has 0 aromatic heterocycles. The molecule has 0 amide bonds. The summed E-state index contributed by atoms with van der Waals surface area (Å²) >= 11 is 0. The Bertz CT molecular complexity index is 1480.